The molecule has 3 aromatic rings. The third-order valence-electron chi connectivity index (χ3n) is 4.07. The van der Waals surface area contributed by atoms with Crippen LogP contribution < -0.4 is 5.32 Å². The number of furan rings is 1. The molecule has 1 heterocycles. The van der Waals surface area contributed by atoms with Crippen LogP contribution in [-0.2, 0) is 11.3 Å². The summed E-state index contributed by atoms with van der Waals surface area (Å²) < 4.78 is 5.30. The zero-order chi connectivity index (χ0) is 20.6. The number of nitrogens with zero attached hydrogens (tertiary/aromatic N) is 2. The normalized spacial score (nSPS) is 10.2. The Kier molecular flexibility index (Phi) is 6.72. The second-order valence-electron chi connectivity index (χ2n) is 6.27. The van der Waals surface area contributed by atoms with Crippen LogP contribution in [0.4, 0.5) is 5.69 Å². The van der Waals surface area contributed by atoms with Crippen molar-refractivity contribution in [1.29, 1.82) is 5.26 Å². The lowest BCUT2D eigenvalue weighted by atomic mass is 10.2. The summed E-state index contributed by atoms with van der Waals surface area (Å²) >= 11 is 1.29. The summed E-state index contributed by atoms with van der Waals surface area (Å²) in [4.78, 5) is 27.4. The van der Waals surface area contributed by atoms with Crippen LogP contribution in [0.5, 0.6) is 0 Å². The predicted octanol–water partition coefficient (Wildman–Crippen LogP) is 4.15. The van der Waals surface area contributed by atoms with Gasteiger partial charge >= 0.3 is 0 Å². The molecule has 3 rings (SSSR count). The van der Waals surface area contributed by atoms with E-state index in [-0.39, 0.29) is 17.6 Å². The number of carbonyl (C=O) groups excluding carboxylic acids is 2. The first-order valence-corrected chi connectivity index (χ1v) is 9.85. The number of nitrogens with one attached hydrogen (secondary N) is 1. The molecule has 0 saturated carbocycles. The number of carbonyl (C=O) groups is 2. The number of hydrogen-bond donors (Lipinski definition) is 1. The van der Waals surface area contributed by atoms with Gasteiger partial charge in [-0.05, 0) is 42.5 Å². The van der Waals surface area contributed by atoms with E-state index in [4.69, 9.17) is 9.68 Å². The highest BCUT2D eigenvalue weighted by Gasteiger charge is 2.17. The van der Waals surface area contributed by atoms with Gasteiger partial charge in [-0.25, -0.2) is 0 Å². The van der Waals surface area contributed by atoms with E-state index in [1.54, 1.807) is 60.7 Å². The molecule has 6 nitrogen and oxygen atoms in total. The third kappa shape index (κ3) is 5.50. The molecule has 0 radical (unpaired) electrons. The molecule has 0 unspecified atom stereocenters. The highest BCUT2D eigenvalue weighted by Crippen LogP contribution is 2.24. The van der Waals surface area contributed by atoms with Crippen LogP contribution in [0.25, 0.3) is 0 Å². The Morgan fingerprint density at radius 2 is 1.97 bits per heavy atom. The van der Waals surface area contributed by atoms with E-state index in [9.17, 15) is 9.59 Å². The van der Waals surface area contributed by atoms with Crippen molar-refractivity contribution in [2.75, 3.05) is 18.1 Å². The Labute approximate surface area is 173 Å². The maximum atomic E-state index is 12.8. The molecule has 0 bridgehead atoms. The second kappa shape index (κ2) is 9.62. The monoisotopic (exact) mass is 405 g/mol. The summed E-state index contributed by atoms with van der Waals surface area (Å²) in [5.74, 6) is 0.482. The fourth-order valence-corrected chi connectivity index (χ4v) is 3.53. The van der Waals surface area contributed by atoms with Crippen LogP contribution in [0.15, 0.2) is 76.2 Å². The summed E-state index contributed by atoms with van der Waals surface area (Å²) in [5, 5.41) is 11.7. The van der Waals surface area contributed by atoms with E-state index in [0.29, 0.717) is 29.1 Å². The molecule has 0 saturated heterocycles. The van der Waals surface area contributed by atoms with Crippen LogP contribution in [0, 0.1) is 11.3 Å². The molecule has 1 aromatic heterocycles. The molecule has 2 aromatic carbocycles. The third-order valence-corrected chi connectivity index (χ3v) is 5.14. The average Bonchev–Trinajstić information content (AvgIpc) is 3.25. The number of amides is 2. The molecule has 0 aliphatic heterocycles. The molecule has 0 aliphatic carbocycles. The largest absolute Gasteiger partial charge is 0.467 e. The number of anilines is 1. The molecule has 0 aliphatic rings. The molecular weight excluding hydrogens is 386 g/mol. The van der Waals surface area contributed by atoms with E-state index in [0.717, 1.165) is 4.90 Å². The maximum absolute atomic E-state index is 12.8. The first-order valence-electron chi connectivity index (χ1n) is 8.86. The fraction of sp³-hybridized carbons (Fsp3) is 0.136. The Balaban J connectivity index is 1.63. The van der Waals surface area contributed by atoms with Crippen molar-refractivity contribution in [3.05, 3.63) is 83.8 Å². The quantitative estimate of drug-likeness (QED) is 0.597. The van der Waals surface area contributed by atoms with Crippen molar-refractivity contribution in [2.45, 2.75) is 11.4 Å². The van der Waals surface area contributed by atoms with Gasteiger partial charge in [0.1, 0.15) is 5.76 Å². The minimum atomic E-state index is -0.212. The summed E-state index contributed by atoms with van der Waals surface area (Å²) in [7, 11) is 1.71. The Morgan fingerprint density at radius 1 is 1.14 bits per heavy atom. The van der Waals surface area contributed by atoms with Gasteiger partial charge in [0.15, 0.2) is 0 Å². The van der Waals surface area contributed by atoms with Crippen molar-refractivity contribution in [1.82, 2.24) is 4.90 Å². The molecule has 0 spiro atoms. The lowest BCUT2D eigenvalue weighted by Gasteiger charge is -2.17. The Morgan fingerprint density at radius 3 is 2.72 bits per heavy atom. The van der Waals surface area contributed by atoms with Crippen molar-refractivity contribution in [3.63, 3.8) is 0 Å². The second-order valence-corrected chi connectivity index (χ2v) is 7.28. The summed E-state index contributed by atoms with van der Waals surface area (Å²) in [6.07, 6.45) is 1.57. The number of rotatable bonds is 7. The molecule has 146 valence electrons. The summed E-state index contributed by atoms with van der Waals surface area (Å²) in [6, 6.07) is 19.6. The van der Waals surface area contributed by atoms with Crippen LogP contribution in [0.3, 0.4) is 0 Å². The highest BCUT2D eigenvalue weighted by molar-refractivity contribution is 8.00. The first kappa shape index (κ1) is 20.2. The van der Waals surface area contributed by atoms with E-state index in [1.165, 1.54) is 11.8 Å². The maximum Gasteiger partial charge on any atom is 0.255 e. The fourth-order valence-electron chi connectivity index (χ4n) is 2.69. The van der Waals surface area contributed by atoms with Gasteiger partial charge in [0.25, 0.3) is 5.91 Å². The van der Waals surface area contributed by atoms with Gasteiger partial charge < -0.3 is 14.6 Å². The van der Waals surface area contributed by atoms with Crippen LogP contribution >= 0.6 is 11.8 Å². The van der Waals surface area contributed by atoms with Crippen molar-refractivity contribution in [3.8, 4) is 6.07 Å². The molecule has 0 fully saturated rings. The van der Waals surface area contributed by atoms with E-state index in [1.807, 2.05) is 24.3 Å². The number of thioether (sulfide) groups is 1. The van der Waals surface area contributed by atoms with Crippen molar-refractivity contribution in [2.24, 2.45) is 0 Å². The standard InChI is InChI=1S/C22H19N3O3S/c1-25(14-18-8-5-11-28-18)22(27)19-9-2-3-10-20(19)29-15-21(26)24-17-7-4-6-16(12-17)13-23/h2-12H,14-15H2,1H3,(H,24,26). The number of nitriles is 1. The predicted molar refractivity (Wildman–Crippen MR) is 111 cm³/mol. The van der Waals surface area contributed by atoms with Crippen LogP contribution in [0.2, 0.25) is 0 Å². The molecule has 29 heavy (non-hydrogen) atoms. The Hall–Kier alpha value is -3.50. The minimum absolute atomic E-state index is 0.142. The average molecular weight is 405 g/mol. The lowest BCUT2D eigenvalue weighted by Crippen LogP contribution is -2.26. The van der Waals surface area contributed by atoms with Gasteiger partial charge in [-0.1, -0.05) is 18.2 Å². The Bertz CT molecular complexity index is 1040. The first-order chi connectivity index (χ1) is 14.1. The number of hydrogen-bond acceptors (Lipinski definition) is 5. The van der Waals surface area contributed by atoms with Crippen molar-refractivity contribution >= 4 is 29.3 Å². The SMILES string of the molecule is CN(Cc1ccco1)C(=O)c1ccccc1SCC(=O)Nc1cccc(C#N)c1. The summed E-state index contributed by atoms with van der Waals surface area (Å²) in [6.45, 7) is 0.362. The van der Waals surface area contributed by atoms with Gasteiger partial charge in [-0.15, -0.1) is 11.8 Å². The zero-order valence-corrected chi connectivity index (χ0v) is 16.6. The molecule has 1 N–H and O–H groups in total. The van der Waals surface area contributed by atoms with E-state index >= 15 is 0 Å². The molecule has 7 heteroatoms. The number of benzene rings is 2. The van der Waals surface area contributed by atoms with Gasteiger partial charge in [0.2, 0.25) is 5.91 Å². The van der Waals surface area contributed by atoms with Gasteiger partial charge in [0, 0.05) is 17.6 Å². The zero-order valence-electron chi connectivity index (χ0n) is 15.8. The smallest absolute Gasteiger partial charge is 0.255 e. The van der Waals surface area contributed by atoms with E-state index < -0.39 is 0 Å². The van der Waals surface area contributed by atoms with Crippen LogP contribution in [-0.4, -0.2) is 29.5 Å². The van der Waals surface area contributed by atoms with Gasteiger partial charge in [-0.3, -0.25) is 9.59 Å². The van der Waals surface area contributed by atoms with Crippen molar-refractivity contribution < 1.29 is 14.0 Å². The van der Waals surface area contributed by atoms with Gasteiger partial charge in [-0.2, -0.15) is 5.26 Å². The molecule has 2 amide bonds. The van der Waals surface area contributed by atoms with Gasteiger partial charge in [0.05, 0.1) is 35.8 Å². The minimum Gasteiger partial charge on any atom is -0.467 e. The lowest BCUT2D eigenvalue weighted by molar-refractivity contribution is -0.113. The summed E-state index contributed by atoms with van der Waals surface area (Å²) in [5.41, 5.74) is 1.58. The molecular formula is C22H19N3O3S. The van der Waals surface area contributed by atoms with Crippen LogP contribution in [0.1, 0.15) is 21.7 Å². The van der Waals surface area contributed by atoms with E-state index in [2.05, 4.69) is 5.32 Å². The highest BCUT2D eigenvalue weighted by atomic mass is 32.2. The molecule has 0 atom stereocenters. The topological polar surface area (TPSA) is 86.3 Å².